The molecule has 0 spiro atoms. The molecule has 0 fully saturated rings. The van der Waals surface area contributed by atoms with Crippen molar-refractivity contribution < 1.29 is 8.42 Å². The molecule has 0 saturated heterocycles. The molecule has 0 saturated carbocycles. The van der Waals surface area contributed by atoms with E-state index in [1.54, 1.807) is 36.4 Å². The van der Waals surface area contributed by atoms with Crippen LogP contribution in [0.15, 0.2) is 48.5 Å². The third-order valence-electron chi connectivity index (χ3n) is 2.32. The lowest BCUT2D eigenvalue weighted by molar-refractivity contribution is 0.607. The summed E-state index contributed by atoms with van der Waals surface area (Å²) in [5.41, 5.74) is 2.30. The van der Waals surface area contributed by atoms with Gasteiger partial charge in [-0.3, -0.25) is 4.72 Å². The van der Waals surface area contributed by atoms with Gasteiger partial charge in [0.25, 0.3) is 0 Å². The van der Waals surface area contributed by atoms with Crippen LogP contribution in [0.2, 0.25) is 5.02 Å². The smallest absolute Gasteiger partial charge is 0.229 e. The van der Waals surface area contributed by atoms with Gasteiger partial charge in [-0.1, -0.05) is 11.6 Å². The van der Waals surface area contributed by atoms with Crippen LogP contribution in [0.4, 0.5) is 17.1 Å². The Morgan fingerprint density at radius 1 is 0.842 bits per heavy atom. The van der Waals surface area contributed by atoms with Crippen LogP contribution in [-0.4, -0.2) is 14.7 Å². The molecule has 2 N–H and O–H groups in total. The third kappa shape index (κ3) is 4.46. The molecule has 2 aromatic carbocycles. The first-order chi connectivity index (χ1) is 8.92. The molecule has 0 aliphatic carbocycles. The van der Waals surface area contributed by atoms with E-state index in [0.717, 1.165) is 17.6 Å². The first-order valence-electron chi connectivity index (χ1n) is 5.53. The van der Waals surface area contributed by atoms with Crippen LogP contribution in [0.1, 0.15) is 0 Å². The van der Waals surface area contributed by atoms with Crippen molar-refractivity contribution in [3.05, 3.63) is 53.6 Å². The Labute approximate surface area is 117 Å². The summed E-state index contributed by atoms with van der Waals surface area (Å²) in [7, 11) is -3.24. The first-order valence-corrected chi connectivity index (χ1v) is 7.80. The Bertz CT molecular complexity index is 652. The Balaban J connectivity index is 2.08. The molecular formula is C13H13ClN2O2S. The highest BCUT2D eigenvalue weighted by Crippen LogP contribution is 2.20. The average molecular weight is 297 g/mol. The van der Waals surface area contributed by atoms with Crippen molar-refractivity contribution in [3.63, 3.8) is 0 Å². The summed E-state index contributed by atoms with van der Waals surface area (Å²) in [4.78, 5) is 0. The second-order valence-electron chi connectivity index (χ2n) is 4.08. The molecule has 0 aliphatic heterocycles. The number of anilines is 3. The molecule has 0 unspecified atom stereocenters. The number of hydrogen-bond donors (Lipinski definition) is 2. The summed E-state index contributed by atoms with van der Waals surface area (Å²) < 4.78 is 24.5. The zero-order valence-corrected chi connectivity index (χ0v) is 11.8. The van der Waals surface area contributed by atoms with Crippen LogP contribution in [0.25, 0.3) is 0 Å². The number of sulfonamides is 1. The molecule has 0 aromatic heterocycles. The van der Waals surface area contributed by atoms with Crippen LogP contribution in [-0.2, 0) is 10.0 Å². The quantitative estimate of drug-likeness (QED) is 0.908. The van der Waals surface area contributed by atoms with E-state index in [9.17, 15) is 8.42 Å². The van der Waals surface area contributed by atoms with Gasteiger partial charge in [0.05, 0.1) is 6.26 Å². The zero-order chi connectivity index (χ0) is 13.9. The Kier molecular flexibility index (Phi) is 3.97. The summed E-state index contributed by atoms with van der Waals surface area (Å²) in [5, 5.41) is 3.86. The summed E-state index contributed by atoms with van der Waals surface area (Å²) in [6, 6.07) is 14.3. The molecule has 0 amide bonds. The van der Waals surface area contributed by atoms with E-state index < -0.39 is 10.0 Å². The maximum Gasteiger partial charge on any atom is 0.229 e. The number of nitrogens with one attached hydrogen (secondary N) is 2. The fraction of sp³-hybridized carbons (Fsp3) is 0.0769. The summed E-state index contributed by atoms with van der Waals surface area (Å²) >= 11 is 5.80. The van der Waals surface area contributed by atoms with Crippen LogP contribution >= 0.6 is 11.6 Å². The molecule has 0 radical (unpaired) electrons. The minimum atomic E-state index is -3.24. The number of benzene rings is 2. The SMILES string of the molecule is CS(=O)(=O)Nc1ccc(Nc2ccc(Cl)cc2)cc1. The third-order valence-corrected chi connectivity index (χ3v) is 3.18. The summed E-state index contributed by atoms with van der Waals surface area (Å²) in [6.45, 7) is 0. The van der Waals surface area contributed by atoms with E-state index in [0.29, 0.717) is 10.7 Å². The van der Waals surface area contributed by atoms with Crippen LogP contribution in [0.5, 0.6) is 0 Å². The first kappa shape index (κ1) is 13.7. The van der Waals surface area contributed by atoms with Crippen LogP contribution in [0, 0.1) is 0 Å². The number of hydrogen-bond acceptors (Lipinski definition) is 3. The highest BCUT2D eigenvalue weighted by Gasteiger charge is 2.01. The van der Waals surface area contributed by atoms with Gasteiger partial charge in [0.15, 0.2) is 0 Å². The largest absolute Gasteiger partial charge is 0.356 e. The number of rotatable bonds is 4. The maximum atomic E-state index is 11.1. The van der Waals surface area contributed by atoms with Gasteiger partial charge in [-0.05, 0) is 48.5 Å². The van der Waals surface area contributed by atoms with Crippen molar-refractivity contribution in [2.45, 2.75) is 0 Å². The normalized spacial score (nSPS) is 11.1. The van der Waals surface area contributed by atoms with Crippen LogP contribution < -0.4 is 10.0 Å². The zero-order valence-electron chi connectivity index (χ0n) is 10.2. The molecule has 2 rings (SSSR count). The van der Waals surface area contributed by atoms with E-state index in [4.69, 9.17) is 11.6 Å². The fourth-order valence-corrected chi connectivity index (χ4v) is 2.23. The molecule has 0 atom stereocenters. The van der Waals surface area contributed by atoms with E-state index in [2.05, 4.69) is 10.0 Å². The molecule has 4 nitrogen and oxygen atoms in total. The van der Waals surface area contributed by atoms with Gasteiger partial charge in [-0.2, -0.15) is 0 Å². The van der Waals surface area contributed by atoms with Gasteiger partial charge in [0, 0.05) is 22.1 Å². The highest BCUT2D eigenvalue weighted by molar-refractivity contribution is 7.92. The Morgan fingerprint density at radius 2 is 1.26 bits per heavy atom. The predicted octanol–water partition coefficient (Wildman–Crippen LogP) is 3.46. The lowest BCUT2D eigenvalue weighted by Gasteiger charge is -2.08. The van der Waals surface area contributed by atoms with E-state index in [-0.39, 0.29) is 0 Å². The standard InChI is InChI=1S/C13H13ClN2O2S/c1-19(17,18)16-13-8-6-12(7-9-13)15-11-4-2-10(14)3-5-11/h2-9,15-16H,1H3. The topological polar surface area (TPSA) is 58.2 Å². The Hall–Kier alpha value is -1.72. The van der Waals surface area contributed by atoms with E-state index in [1.165, 1.54) is 0 Å². The number of halogens is 1. The molecule has 19 heavy (non-hydrogen) atoms. The van der Waals surface area contributed by atoms with Gasteiger partial charge in [-0.15, -0.1) is 0 Å². The van der Waals surface area contributed by atoms with E-state index >= 15 is 0 Å². The fourth-order valence-electron chi connectivity index (χ4n) is 1.54. The second-order valence-corrected chi connectivity index (χ2v) is 6.27. The van der Waals surface area contributed by atoms with Crippen molar-refractivity contribution in [1.82, 2.24) is 0 Å². The van der Waals surface area contributed by atoms with Crippen LogP contribution in [0.3, 0.4) is 0 Å². The second kappa shape index (κ2) is 5.50. The molecular weight excluding hydrogens is 284 g/mol. The van der Waals surface area contributed by atoms with Gasteiger partial charge in [0.1, 0.15) is 0 Å². The summed E-state index contributed by atoms with van der Waals surface area (Å²) in [6.07, 6.45) is 1.12. The van der Waals surface area contributed by atoms with Crippen molar-refractivity contribution in [2.24, 2.45) is 0 Å². The minimum Gasteiger partial charge on any atom is -0.356 e. The molecule has 100 valence electrons. The predicted molar refractivity (Wildman–Crippen MR) is 79.6 cm³/mol. The Morgan fingerprint density at radius 3 is 1.74 bits per heavy atom. The van der Waals surface area contributed by atoms with Gasteiger partial charge in [-0.25, -0.2) is 8.42 Å². The molecule has 0 bridgehead atoms. The monoisotopic (exact) mass is 296 g/mol. The summed E-state index contributed by atoms with van der Waals surface area (Å²) in [5.74, 6) is 0. The molecule has 0 aliphatic rings. The van der Waals surface area contributed by atoms with Gasteiger partial charge in [0.2, 0.25) is 10.0 Å². The maximum absolute atomic E-state index is 11.1. The molecule has 0 heterocycles. The van der Waals surface area contributed by atoms with Crippen molar-refractivity contribution >= 4 is 38.7 Å². The average Bonchev–Trinajstić information content (AvgIpc) is 2.33. The lowest BCUT2D eigenvalue weighted by atomic mass is 10.2. The van der Waals surface area contributed by atoms with Crippen molar-refractivity contribution in [2.75, 3.05) is 16.3 Å². The van der Waals surface area contributed by atoms with Gasteiger partial charge >= 0.3 is 0 Å². The van der Waals surface area contributed by atoms with Crippen molar-refractivity contribution in [1.29, 1.82) is 0 Å². The highest BCUT2D eigenvalue weighted by atomic mass is 35.5. The van der Waals surface area contributed by atoms with Gasteiger partial charge < -0.3 is 5.32 Å². The van der Waals surface area contributed by atoms with E-state index in [1.807, 2.05) is 12.1 Å². The van der Waals surface area contributed by atoms with Crippen molar-refractivity contribution in [3.8, 4) is 0 Å². The molecule has 6 heteroatoms. The minimum absolute atomic E-state index is 0.532. The molecule has 2 aromatic rings. The lowest BCUT2D eigenvalue weighted by Crippen LogP contribution is -2.09.